The number of Topliss-reactive ketones (excluding diaryl/α,β-unsaturated/α-hetero) is 1. The summed E-state index contributed by atoms with van der Waals surface area (Å²) in [5.41, 5.74) is 10.9. The van der Waals surface area contributed by atoms with E-state index in [0.717, 1.165) is 0 Å². The van der Waals surface area contributed by atoms with E-state index in [9.17, 15) is 14.4 Å². The highest BCUT2D eigenvalue weighted by molar-refractivity contribution is 7.99. The summed E-state index contributed by atoms with van der Waals surface area (Å²) in [5, 5.41) is 16.5. The van der Waals surface area contributed by atoms with Gasteiger partial charge in [-0.3, -0.25) is 14.4 Å². The number of rotatable bonds is 9. The molecule has 0 aromatic heterocycles. The molecule has 0 heterocycles. The number of aliphatic carboxylic acids is 2. The predicted octanol–water partition coefficient (Wildman–Crippen LogP) is -0.719. The second kappa shape index (κ2) is 8.06. The van der Waals surface area contributed by atoms with Crippen molar-refractivity contribution in [3.05, 3.63) is 0 Å². The SMILES string of the molecule is CSC(C[C@@H](N)C(=O)O)C(=O)[C@H](N)CCC(=O)O. The molecule has 0 bridgehead atoms. The highest BCUT2D eigenvalue weighted by Crippen LogP contribution is 2.16. The zero-order valence-corrected chi connectivity index (χ0v) is 10.9. The third-order valence-electron chi connectivity index (χ3n) is 2.42. The van der Waals surface area contributed by atoms with Crippen molar-refractivity contribution in [3.8, 4) is 0 Å². The standard InChI is InChI=1S/C10H18N2O5S/c1-18-7(4-6(12)10(16)17)9(15)5(11)2-3-8(13)14/h5-7H,2-4,11-12H2,1H3,(H,13,14)(H,16,17)/t5-,6-,7?/m1/s1. The first-order chi connectivity index (χ1) is 8.29. The minimum atomic E-state index is -1.18. The predicted molar refractivity (Wildman–Crippen MR) is 67.4 cm³/mol. The molecule has 0 radical (unpaired) electrons. The molecule has 0 aliphatic heterocycles. The van der Waals surface area contributed by atoms with Crippen molar-refractivity contribution in [1.82, 2.24) is 0 Å². The lowest BCUT2D eigenvalue weighted by molar-refractivity contribution is -0.139. The van der Waals surface area contributed by atoms with Gasteiger partial charge in [0, 0.05) is 6.42 Å². The molecule has 0 aliphatic carbocycles. The molecule has 0 spiro atoms. The molecule has 3 atom stereocenters. The maximum Gasteiger partial charge on any atom is 0.320 e. The first-order valence-corrected chi connectivity index (χ1v) is 6.60. The molecule has 104 valence electrons. The van der Waals surface area contributed by atoms with Crippen molar-refractivity contribution >= 4 is 29.5 Å². The van der Waals surface area contributed by atoms with Gasteiger partial charge in [0.25, 0.3) is 0 Å². The summed E-state index contributed by atoms with van der Waals surface area (Å²) in [7, 11) is 0. The Bertz CT molecular complexity index is 323. The number of thioether (sulfide) groups is 1. The molecule has 7 nitrogen and oxygen atoms in total. The summed E-state index contributed by atoms with van der Waals surface area (Å²) in [6.07, 6.45) is 1.48. The number of ketones is 1. The molecule has 1 unspecified atom stereocenters. The van der Waals surface area contributed by atoms with E-state index < -0.39 is 29.3 Å². The van der Waals surface area contributed by atoms with Crippen LogP contribution in [0.25, 0.3) is 0 Å². The van der Waals surface area contributed by atoms with Gasteiger partial charge in [0.1, 0.15) is 6.04 Å². The van der Waals surface area contributed by atoms with Crippen molar-refractivity contribution in [2.75, 3.05) is 6.26 Å². The summed E-state index contributed by atoms with van der Waals surface area (Å²) in [6, 6.07) is -2.03. The van der Waals surface area contributed by atoms with Gasteiger partial charge < -0.3 is 21.7 Å². The van der Waals surface area contributed by atoms with Crippen LogP contribution in [0.2, 0.25) is 0 Å². The van der Waals surface area contributed by atoms with Crippen LogP contribution in [-0.4, -0.2) is 51.5 Å². The van der Waals surface area contributed by atoms with Crippen LogP contribution in [0.1, 0.15) is 19.3 Å². The Morgan fingerprint density at radius 3 is 2.11 bits per heavy atom. The number of nitrogens with two attached hydrogens (primary N) is 2. The third kappa shape index (κ3) is 5.99. The number of hydrogen-bond donors (Lipinski definition) is 4. The van der Waals surface area contributed by atoms with E-state index in [-0.39, 0.29) is 25.0 Å². The van der Waals surface area contributed by atoms with Crippen molar-refractivity contribution < 1.29 is 24.6 Å². The van der Waals surface area contributed by atoms with Gasteiger partial charge in [-0.15, -0.1) is 0 Å². The zero-order valence-electron chi connectivity index (χ0n) is 10.0. The van der Waals surface area contributed by atoms with E-state index in [2.05, 4.69) is 0 Å². The van der Waals surface area contributed by atoms with Crippen molar-refractivity contribution in [1.29, 1.82) is 0 Å². The molecular weight excluding hydrogens is 260 g/mol. The van der Waals surface area contributed by atoms with Gasteiger partial charge in [-0.05, 0) is 19.1 Å². The molecule has 0 fully saturated rings. The minimum absolute atomic E-state index is 0.0178. The van der Waals surface area contributed by atoms with Crippen molar-refractivity contribution in [2.45, 2.75) is 36.6 Å². The van der Waals surface area contributed by atoms with Gasteiger partial charge in [-0.25, -0.2) is 0 Å². The Kier molecular flexibility index (Phi) is 7.56. The van der Waals surface area contributed by atoms with Gasteiger partial charge in [-0.1, -0.05) is 0 Å². The summed E-state index contributed by atoms with van der Waals surface area (Å²) in [6.45, 7) is 0. The van der Waals surface area contributed by atoms with Gasteiger partial charge >= 0.3 is 11.9 Å². The lowest BCUT2D eigenvalue weighted by atomic mass is 10.0. The summed E-state index contributed by atoms with van der Waals surface area (Å²) in [5.74, 6) is -2.57. The lowest BCUT2D eigenvalue weighted by Gasteiger charge is -2.19. The number of carboxylic acids is 2. The quantitative estimate of drug-likeness (QED) is 0.432. The molecule has 0 saturated carbocycles. The van der Waals surface area contributed by atoms with Crippen molar-refractivity contribution in [2.24, 2.45) is 11.5 Å². The van der Waals surface area contributed by atoms with E-state index in [0.29, 0.717) is 0 Å². The lowest BCUT2D eigenvalue weighted by Crippen LogP contribution is -2.42. The Hall–Kier alpha value is -1.12. The maximum absolute atomic E-state index is 11.9. The fourth-order valence-electron chi connectivity index (χ4n) is 1.32. The van der Waals surface area contributed by atoms with E-state index in [4.69, 9.17) is 21.7 Å². The van der Waals surface area contributed by atoms with Crippen LogP contribution in [0.3, 0.4) is 0 Å². The Labute approximate surface area is 109 Å². The molecule has 0 amide bonds. The largest absolute Gasteiger partial charge is 0.481 e. The maximum atomic E-state index is 11.9. The number of carboxylic acid groups (broad SMARTS) is 2. The fourth-order valence-corrected chi connectivity index (χ4v) is 2.13. The molecule has 0 rings (SSSR count). The van der Waals surface area contributed by atoms with Crippen molar-refractivity contribution in [3.63, 3.8) is 0 Å². The molecule has 18 heavy (non-hydrogen) atoms. The molecular formula is C10H18N2O5S. The first-order valence-electron chi connectivity index (χ1n) is 5.31. The van der Waals surface area contributed by atoms with Crippen LogP contribution in [0.4, 0.5) is 0 Å². The second-order valence-corrected chi connectivity index (χ2v) is 4.89. The van der Waals surface area contributed by atoms with E-state index in [1.165, 1.54) is 11.8 Å². The van der Waals surface area contributed by atoms with Crippen LogP contribution in [0.15, 0.2) is 0 Å². The Balaban J connectivity index is 4.41. The van der Waals surface area contributed by atoms with Gasteiger partial charge in [0.15, 0.2) is 5.78 Å². The van der Waals surface area contributed by atoms with Crippen LogP contribution in [0.5, 0.6) is 0 Å². The number of carbonyl (C=O) groups is 3. The van der Waals surface area contributed by atoms with Crippen LogP contribution >= 0.6 is 11.8 Å². The Morgan fingerprint density at radius 2 is 1.72 bits per heavy atom. The molecule has 0 aliphatic rings. The molecule has 0 aromatic rings. The number of carbonyl (C=O) groups excluding carboxylic acids is 1. The van der Waals surface area contributed by atoms with E-state index in [1.807, 2.05) is 0 Å². The van der Waals surface area contributed by atoms with E-state index >= 15 is 0 Å². The number of hydrogen-bond acceptors (Lipinski definition) is 6. The fraction of sp³-hybridized carbons (Fsp3) is 0.700. The average Bonchev–Trinajstić information content (AvgIpc) is 2.31. The average molecular weight is 278 g/mol. The smallest absolute Gasteiger partial charge is 0.320 e. The van der Waals surface area contributed by atoms with Crippen LogP contribution < -0.4 is 11.5 Å². The highest BCUT2D eigenvalue weighted by atomic mass is 32.2. The monoisotopic (exact) mass is 278 g/mol. The topological polar surface area (TPSA) is 144 Å². The van der Waals surface area contributed by atoms with Crippen LogP contribution in [0, 0.1) is 0 Å². The molecule has 0 saturated heterocycles. The zero-order chi connectivity index (χ0) is 14.3. The summed E-state index contributed by atoms with van der Waals surface area (Å²) < 4.78 is 0. The first kappa shape index (κ1) is 16.9. The molecule has 6 N–H and O–H groups in total. The Morgan fingerprint density at radius 1 is 1.17 bits per heavy atom. The van der Waals surface area contributed by atoms with Gasteiger partial charge in [0.05, 0.1) is 11.3 Å². The van der Waals surface area contributed by atoms with Crippen LogP contribution in [-0.2, 0) is 14.4 Å². The van der Waals surface area contributed by atoms with E-state index in [1.54, 1.807) is 6.26 Å². The molecule has 0 aromatic carbocycles. The van der Waals surface area contributed by atoms with Gasteiger partial charge in [0.2, 0.25) is 0 Å². The molecule has 8 heteroatoms. The third-order valence-corrected chi connectivity index (χ3v) is 3.42. The van der Waals surface area contributed by atoms with Gasteiger partial charge in [-0.2, -0.15) is 11.8 Å². The minimum Gasteiger partial charge on any atom is -0.481 e. The second-order valence-electron chi connectivity index (χ2n) is 3.85. The highest BCUT2D eigenvalue weighted by Gasteiger charge is 2.27. The normalized spacial score (nSPS) is 15.7. The summed E-state index contributed by atoms with van der Waals surface area (Å²) >= 11 is 1.17. The summed E-state index contributed by atoms with van der Waals surface area (Å²) in [4.78, 5) is 32.8.